The van der Waals surface area contributed by atoms with Crippen molar-refractivity contribution in [1.29, 1.82) is 0 Å². The quantitative estimate of drug-likeness (QED) is 0.458. The van der Waals surface area contributed by atoms with Gasteiger partial charge in [0.2, 0.25) is 5.91 Å². The van der Waals surface area contributed by atoms with Crippen molar-refractivity contribution in [2.75, 3.05) is 28.6 Å². The highest BCUT2D eigenvalue weighted by atomic mass is 16.4. The Labute approximate surface area is 180 Å². The van der Waals surface area contributed by atoms with E-state index in [9.17, 15) is 4.79 Å². The minimum Gasteiger partial charge on any atom is -0.423 e. The van der Waals surface area contributed by atoms with Gasteiger partial charge in [0.15, 0.2) is 5.58 Å². The van der Waals surface area contributed by atoms with Gasteiger partial charge in [-0.1, -0.05) is 42.5 Å². The van der Waals surface area contributed by atoms with Crippen molar-refractivity contribution in [2.24, 2.45) is 5.92 Å². The highest BCUT2D eigenvalue weighted by Gasteiger charge is 2.27. The van der Waals surface area contributed by atoms with Crippen molar-refractivity contribution in [3.05, 3.63) is 78.9 Å². The molecule has 2 N–H and O–H groups in total. The number of anilines is 4. The number of carbonyl (C=O) groups is 1. The molecule has 1 aliphatic rings. The summed E-state index contributed by atoms with van der Waals surface area (Å²) in [5.74, 6) is 0.0185. The maximum atomic E-state index is 13.0. The molecular weight excluding hydrogens is 388 g/mol. The third kappa shape index (κ3) is 4.23. The highest BCUT2D eigenvalue weighted by molar-refractivity contribution is 5.96. The van der Waals surface area contributed by atoms with Crippen molar-refractivity contribution in [3.63, 3.8) is 0 Å². The molecule has 0 unspecified atom stereocenters. The second-order valence-electron chi connectivity index (χ2n) is 7.75. The van der Waals surface area contributed by atoms with Gasteiger partial charge < -0.3 is 20.0 Å². The van der Waals surface area contributed by atoms with Gasteiger partial charge in [0.1, 0.15) is 5.52 Å². The van der Waals surface area contributed by atoms with Crippen molar-refractivity contribution < 1.29 is 9.21 Å². The van der Waals surface area contributed by atoms with Crippen LogP contribution >= 0.6 is 0 Å². The van der Waals surface area contributed by atoms with E-state index in [1.165, 1.54) is 0 Å². The maximum absolute atomic E-state index is 13.0. The number of aromatic nitrogens is 1. The number of hydrogen-bond donors (Lipinski definition) is 2. The first-order valence-electron chi connectivity index (χ1n) is 10.6. The number of para-hydroxylation sites is 5. The van der Waals surface area contributed by atoms with Crippen LogP contribution in [0, 0.1) is 5.92 Å². The number of nitrogens with one attached hydrogen (secondary N) is 2. The van der Waals surface area contributed by atoms with E-state index in [1.807, 2.05) is 78.9 Å². The van der Waals surface area contributed by atoms with Gasteiger partial charge in [0.05, 0.1) is 11.4 Å². The molecule has 2 heterocycles. The number of hydrogen-bond acceptors (Lipinski definition) is 5. The van der Waals surface area contributed by atoms with Crippen LogP contribution in [-0.2, 0) is 4.79 Å². The topological polar surface area (TPSA) is 70.4 Å². The van der Waals surface area contributed by atoms with Gasteiger partial charge in [0.25, 0.3) is 6.01 Å². The minimum atomic E-state index is -0.0367. The van der Waals surface area contributed by atoms with Crippen LogP contribution in [0.1, 0.15) is 12.8 Å². The lowest BCUT2D eigenvalue weighted by Crippen LogP contribution is -2.38. The van der Waals surface area contributed by atoms with Crippen molar-refractivity contribution >= 4 is 40.1 Å². The average Bonchev–Trinajstić information content (AvgIpc) is 3.25. The zero-order valence-electron chi connectivity index (χ0n) is 17.1. The standard InChI is InChI=1S/C25H24N4O2/c30-24(27-21-11-5-4-10-20(21)26-19-8-2-1-3-9-19)18-14-16-29(17-15-18)25-28-22-12-6-7-13-23(22)31-25/h1-13,18,26H,14-17H2,(H,27,30). The van der Waals surface area contributed by atoms with Crippen LogP contribution in [0.3, 0.4) is 0 Å². The Hall–Kier alpha value is -3.80. The average molecular weight is 412 g/mol. The molecule has 0 aliphatic carbocycles. The summed E-state index contributed by atoms with van der Waals surface area (Å²) < 4.78 is 5.88. The van der Waals surface area contributed by atoms with E-state index >= 15 is 0 Å². The first kappa shape index (κ1) is 19.2. The van der Waals surface area contributed by atoms with Crippen molar-refractivity contribution in [1.82, 2.24) is 4.98 Å². The molecule has 31 heavy (non-hydrogen) atoms. The predicted molar refractivity (Wildman–Crippen MR) is 124 cm³/mol. The van der Waals surface area contributed by atoms with E-state index in [0.717, 1.165) is 54.1 Å². The van der Waals surface area contributed by atoms with Gasteiger partial charge in [-0.2, -0.15) is 4.98 Å². The second-order valence-corrected chi connectivity index (χ2v) is 7.75. The SMILES string of the molecule is O=C(Nc1ccccc1Nc1ccccc1)C1CCN(c2nc3ccccc3o2)CC1. The number of fused-ring (bicyclic) bond motifs is 1. The van der Waals surface area contributed by atoms with E-state index in [1.54, 1.807) is 0 Å². The Morgan fingerprint density at radius 3 is 2.32 bits per heavy atom. The normalized spacial score (nSPS) is 14.5. The molecule has 0 atom stereocenters. The molecule has 6 heteroatoms. The third-order valence-corrected chi connectivity index (χ3v) is 5.66. The molecule has 0 spiro atoms. The van der Waals surface area contributed by atoms with E-state index in [4.69, 9.17) is 4.42 Å². The molecule has 3 aromatic carbocycles. The number of rotatable bonds is 5. The summed E-state index contributed by atoms with van der Waals surface area (Å²) in [5.41, 5.74) is 4.30. The summed E-state index contributed by atoms with van der Waals surface area (Å²) in [6.45, 7) is 1.49. The van der Waals surface area contributed by atoms with Crippen LogP contribution < -0.4 is 15.5 Å². The molecule has 6 nitrogen and oxygen atoms in total. The molecule has 156 valence electrons. The molecule has 5 rings (SSSR count). The minimum absolute atomic E-state index is 0.0367. The molecule has 1 fully saturated rings. The van der Waals surface area contributed by atoms with Crippen LogP contribution in [0.5, 0.6) is 0 Å². The van der Waals surface area contributed by atoms with Gasteiger partial charge in [-0.25, -0.2) is 0 Å². The summed E-state index contributed by atoms with van der Waals surface area (Å²) in [7, 11) is 0. The van der Waals surface area contributed by atoms with Gasteiger partial charge in [0, 0.05) is 24.7 Å². The maximum Gasteiger partial charge on any atom is 0.298 e. The van der Waals surface area contributed by atoms with E-state index in [0.29, 0.717) is 6.01 Å². The van der Waals surface area contributed by atoms with E-state index in [2.05, 4.69) is 20.5 Å². The zero-order valence-corrected chi connectivity index (χ0v) is 17.1. The Morgan fingerprint density at radius 2 is 1.55 bits per heavy atom. The summed E-state index contributed by atoms with van der Waals surface area (Å²) in [5, 5.41) is 6.50. The second kappa shape index (κ2) is 8.52. The largest absolute Gasteiger partial charge is 0.423 e. The summed E-state index contributed by atoms with van der Waals surface area (Å²) in [4.78, 5) is 19.7. The van der Waals surface area contributed by atoms with Gasteiger partial charge in [-0.3, -0.25) is 4.79 Å². The first-order valence-corrected chi connectivity index (χ1v) is 10.6. The van der Waals surface area contributed by atoms with Crippen LogP contribution in [-0.4, -0.2) is 24.0 Å². The fourth-order valence-corrected chi connectivity index (χ4v) is 3.94. The Balaban J connectivity index is 1.22. The smallest absolute Gasteiger partial charge is 0.298 e. The Bertz CT molecular complexity index is 1150. The lowest BCUT2D eigenvalue weighted by Gasteiger charge is -2.30. The van der Waals surface area contributed by atoms with Crippen molar-refractivity contribution in [2.45, 2.75) is 12.8 Å². The Kier molecular flexibility index (Phi) is 5.27. The first-order chi connectivity index (χ1) is 15.3. The summed E-state index contributed by atoms with van der Waals surface area (Å²) in [6.07, 6.45) is 1.53. The third-order valence-electron chi connectivity index (χ3n) is 5.66. The molecule has 0 saturated carbocycles. The van der Waals surface area contributed by atoms with Gasteiger partial charge in [-0.05, 0) is 49.2 Å². The predicted octanol–water partition coefficient (Wildman–Crippen LogP) is 5.43. The number of nitrogens with zero attached hydrogens (tertiary/aromatic N) is 2. The van der Waals surface area contributed by atoms with Crippen LogP contribution in [0.4, 0.5) is 23.1 Å². The molecule has 1 aromatic heterocycles. The molecule has 1 saturated heterocycles. The molecule has 0 bridgehead atoms. The number of oxazole rings is 1. The molecule has 4 aromatic rings. The number of piperidine rings is 1. The van der Waals surface area contributed by atoms with Crippen LogP contribution in [0.25, 0.3) is 11.1 Å². The lowest BCUT2D eigenvalue weighted by atomic mass is 9.96. The van der Waals surface area contributed by atoms with Gasteiger partial charge >= 0.3 is 0 Å². The number of benzene rings is 3. The van der Waals surface area contributed by atoms with Crippen molar-refractivity contribution in [3.8, 4) is 0 Å². The monoisotopic (exact) mass is 412 g/mol. The highest BCUT2D eigenvalue weighted by Crippen LogP contribution is 2.29. The van der Waals surface area contributed by atoms with Crippen LogP contribution in [0.2, 0.25) is 0 Å². The Morgan fingerprint density at radius 1 is 0.871 bits per heavy atom. The number of amides is 1. The zero-order chi connectivity index (χ0) is 21.0. The van der Waals surface area contributed by atoms with E-state index in [-0.39, 0.29) is 11.8 Å². The molecule has 0 radical (unpaired) electrons. The molecule has 1 amide bonds. The fourth-order valence-electron chi connectivity index (χ4n) is 3.94. The van der Waals surface area contributed by atoms with E-state index < -0.39 is 0 Å². The molecular formula is C25H24N4O2. The lowest BCUT2D eigenvalue weighted by molar-refractivity contribution is -0.120. The molecule has 1 aliphatic heterocycles. The summed E-state index contributed by atoms with van der Waals surface area (Å²) in [6, 6.07) is 26.1. The summed E-state index contributed by atoms with van der Waals surface area (Å²) >= 11 is 0. The van der Waals surface area contributed by atoms with Crippen LogP contribution in [0.15, 0.2) is 83.3 Å². The van der Waals surface area contributed by atoms with Gasteiger partial charge in [-0.15, -0.1) is 0 Å². The fraction of sp³-hybridized carbons (Fsp3) is 0.200. The number of carbonyl (C=O) groups excluding carboxylic acids is 1.